The Morgan fingerprint density at radius 2 is 1.72 bits per heavy atom. The number of carbonyl (C=O) groups is 2. The molecule has 1 N–H and O–H groups in total. The maximum atomic E-state index is 13.1. The van der Waals surface area contributed by atoms with E-state index in [1.165, 1.54) is 4.90 Å². The smallest absolute Gasteiger partial charge is 0.410 e. The van der Waals surface area contributed by atoms with Gasteiger partial charge in [-0.25, -0.2) is 9.78 Å². The van der Waals surface area contributed by atoms with E-state index in [2.05, 4.69) is 10.3 Å². The fraction of sp³-hybridized carbons (Fsp3) is 0.240. The zero-order valence-electron chi connectivity index (χ0n) is 18.1. The van der Waals surface area contributed by atoms with Crippen molar-refractivity contribution in [3.63, 3.8) is 0 Å². The van der Waals surface area contributed by atoms with Gasteiger partial charge in [0.2, 0.25) is 5.91 Å². The van der Waals surface area contributed by atoms with Crippen LogP contribution in [0.4, 0.5) is 10.5 Å². The summed E-state index contributed by atoms with van der Waals surface area (Å²) in [6.45, 7) is 4.13. The summed E-state index contributed by atoms with van der Waals surface area (Å²) in [6, 6.07) is 20.0. The number of hydrogen-bond acceptors (Lipinski definition) is 4. The molecule has 32 heavy (non-hydrogen) atoms. The number of ether oxygens (including phenoxy) is 1. The number of halogens is 1. The van der Waals surface area contributed by atoms with Crippen LogP contribution in [0.3, 0.4) is 0 Å². The van der Waals surface area contributed by atoms with Gasteiger partial charge in [-0.3, -0.25) is 9.69 Å². The molecule has 0 aliphatic heterocycles. The first kappa shape index (κ1) is 23.3. The van der Waals surface area contributed by atoms with Crippen molar-refractivity contribution in [2.24, 2.45) is 0 Å². The van der Waals surface area contributed by atoms with Crippen molar-refractivity contribution in [3.8, 4) is 11.1 Å². The number of aromatic nitrogens is 1. The third-order valence-corrected chi connectivity index (χ3v) is 5.28. The van der Waals surface area contributed by atoms with E-state index in [1.54, 1.807) is 19.2 Å². The number of nitrogens with zero attached hydrogens (tertiary/aromatic N) is 2. The van der Waals surface area contributed by atoms with Gasteiger partial charge in [0.15, 0.2) is 5.15 Å². The first-order valence-corrected chi connectivity index (χ1v) is 10.9. The quantitative estimate of drug-likeness (QED) is 0.441. The molecule has 166 valence electrons. The van der Waals surface area contributed by atoms with Crippen LogP contribution in [0.5, 0.6) is 0 Å². The van der Waals surface area contributed by atoms with Crippen LogP contribution in [-0.4, -0.2) is 34.5 Å². The SMILES string of the molecule is CCCN(C(=O)OCc1ccccc1)C(C)C(=O)Nc1c(-c2ccccc2)ccnc1Cl. The van der Waals surface area contributed by atoms with Crippen LogP contribution in [0.2, 0.25) is 5.15 Å². The van der Waals surface area contributed by atoms with Gasteiger partial charge in [0.25, 0.3) is 0 Å². The van der Waals surface area contributed by atoms with Gasteiger partial charge in [-0.05, 0) is 30.5 Å². The third kappa shape index (κ3) is 5.86. The molecule has 2 amide bonds. The lowest BCUT2D eigenvalue weighted by Gasteiger charge is -2.27. The summed E-state index contributed by atoms with van der Waals surface area (Å²) in [6.07, 6.45) is 1.73. The average Bonchev–Trinajstić information content (AvgIpc) is 2.83. The highest BCUT2D eigenvalue weighted by atomic mass is 35.5. The number of rotatable bonds is 8. The highest BCUT2D eigenvalue weighted by Crippen LogP contribution is 2.32. The van der Waals surface area contributed by atoms with Crippen molar-refractivity contribution in [2.75, 3.05) is 11.9 Å². The molecule has 0 aliphatic carbocycles. The average molecular weight is 452 g/mol. The normalized spacial score (nSPS) is 11.5. The van der Waals surface area contributed by atoms with Crippen LogP contribution in [0, 0.1) is 0 Å². The van der Waals surface area contributed by atoms with E-state index in [1.807, 2.05) is 67.6 Å². The molecule has 0 fully saturated rings. The van der Waals surface area contributed by atoms with E-state index < -0.39 is 12.1 Å². The number of amides is 2. The van der Waals surface area contributed by atoms with Gasteiger partial charge >= 0.3 is 6.09 Å². The van der Waals surface area contributed by atoms with Gasteiger partial charge in [0.1, 0.15) is 12.6 Å². The number of nitrogens with one attached hydrogen (secondary N) is 1. The number of benzene rings is 2. The summed E-state index contributed by atoms with van der Waals surface area (Å²) >= 11 is 6.32. The van der Waals surface area contributed by atoms with Gasteiger partial charge in [0, 0.05) is 18.3 Å². The largest absolute Gasteiger partial charge is 0.445 e. The molecule has 3 aromatic rings. The van der Waals surface area contributed by atoms with Crippen LogP contribution >= 0.6 is 11.6 Å². The summed E-state index contributed by atoms with van der Waals surface area (Å²) < 4.78 is 5.45. The van der Waals surface area contributed by atoms with E-state index in [0.29, 0.717) is 18.7 Å². The van der Waals surface area contributed by atoms with E-state index in [0.717, 1.165) is 16.7 Å². The maximum Gasteiger partial charge on any atom is 0.410 e. The number of hydrogen-bond donors (Lipinski definition) is 1. The van der Waals surface area contributed by atoms with Crippen molar-refractivity contribution in [1.29, 1.82) is 0 Å². The minimum atomic E-state index is -0.766. The van der Waals surface area contributed by atoms with Crippen LogP contribution in [0.1, 0.15) is 25.8 Å². The molecular weight excluding hydrogens is 426 g/mol. The van der Waals surface area contributed by atoms with Crippen LogP contribution in [0.25, 0.3) is 11.1 Å². The molecule has 0 aliphatic rings. The second-order valence-electron chi connectivity index (χ2n) is 7.29. The predicted molar refractivity (Wildman–Crippen MR) is 126 cm³/mol. The molecule has 7 heteroatoms. The molecule has 1 aromatic heterocycles. The number of carbonyl (C=O) groups excluding carboxylic acids is 2. The van der Waals surface area contributed by atoms with E-state index in [-0.39, 0.29) is 17.7 Å². The van der Waals surface area contributed by atoms with Gasteiger partial charge < -0.3 is 10.1 Å². The summed E-state index contributed by atoms with van der Waals surface area (Å²) in [4.78, 5) is 31.4. The highest BCUT2D eigenvalue weighted by molar-refractivity contribution is 6.33. The van der Waals surface area contributed by atoms with Gasteiger partial charge in [-0.2, -0.15) is 0 Å². The molecule has 0 saturated carbocycles. The minimum Gasteiger partial charge on any atom is -0.445 e. The standard InChI is InChI=1S/C25H26ClN3O3/c1-3-16-29(25(31)32-17-19-10-6-4-7-11-19)18(2)24(30)28-22-21(14-15-27-23(22)26)20-12-8-5-9-13-20/h4-15,18H,3,16-17H2,1-2H3,(H,28,30). The van der Waals surface area contributed by atoms with Crippen molar-refractivity contribution in [1.82, 2.24) is 9.88 Å². The van der Waals surface area contributed by atoms with E-state index in [4.69, 9.17) is 16.3 Å². The van der Waals surface area contributed by atoms with Gasteiger partial charge in [-0.15, -0.1) is 0 Å². The summed E-state index contributed by atoms with van der Waals surface area (Å²) in [5, 5.41) is 3.04. The molecule has 6 nitrogen and oxygen atoms in total. The second kappa shape index (κ2) is 11.3. The fourth-order valence-corrected chi connectivity index (χ4v) is 3.47. The molecular formula is C25H26ClN3O3. The fourth-order valence-electron chi connectivity index (χ4n) is 3.27. The summed E-state index contributed by atoms with van der Waals surface area (Å²) in [5.41, 5.74) is 2.93. The molecule has 0 spiro atoms. The summed E-state index contributed by atoms with van der Waals surface area (Å²) in [7, 11) is 0. The van der Waals surface area contributed by atoms with Crippen molar-refractivity contribution in [2.45, 2.75) is 32.9 Å². The highest BCUT2D eigenvalue weighted by Gasteiger charge is 2.27. The molecule has 2 aromatic carbocycles. The molecule has 1 atom stereocenters. The van der Waals surface area contributed by atoms with Crippen LogP contribution in [-0.2, 0) is 16.1 Å². The van der Waals surface area contributed by atoms with E-state index in [9.17, 15) is 9.59 Å². The zero-order chi connectivity index (χ0) is 22.9. The molecule has 0 saturated heterocycles. The predicted octanol–water partition coefficient (Wildman–Crippen LogP) is 5.78. The molecule has 1 heterocycles. The summed E-state index contributed by atoms with van der Waals surface area (Å²) in [5.74, 6) is -0.373. The molecule has 0 bridgehead atoms. The number of pyridine rings is 1. The maximum absolute atomic E-state index is 13.1. The Morgan fingerprint density at radius 1 is 1.06 bits per heavy atom. The third-order valence-electron chi connectivity index (χ3n) is 4.99. The van der Waals surface area contributed by atoms with E-state index >= 15 is 0 Å². The lowest BCUT2D eigenvalue weighted by atomic mass is 10.1. The lowest BCUT2D eigenvalue weighted by Crippen LogP contribution is -2.46. The molecule has 1 unspecified atom stereocenters. The van der Waals surface area contributed by atoms with Crippen LogP contribution < -0.4 is 5.32 Å². The second-order valence-corrected chi connectivity index (χ2v) is 7.65. The van der Waals surface area contributed by atoms with Crippen molar-refractivity contribution in [3.05, 3.63) is 83.6 Å². The molecule has 3 rings (SSSR count). The van der Waals surface area contributed by atoms with Crippen LogP contribution in [0.15, 0.2) is 72.9 Å². The van der Waals surface area contributed by atoms with Crippen molar-refractivity contribution < 1.29 is 14.3 Å². The monoisotopic (exact) mass is 451 g/mol. The number of anilines is 1. The lowest BCUT2D eigenvalue weighted by molar-refractivity contribution is -0.120. The minimum absolute atomic E-state index is 0.140. The Morgan fingerprint density at radius 3 is 2.38 bits per heavy atom. The Bertz CT molecular complexity index is 1040. The Kier molecular flexibility index (Phi) is 8.22. The Balaban J connectivity index is 1.75. The van der Waals surface area contributed by atoms with Crippen molar-refractivity contribution >= 4 is 29.3 Å². The van der Waals surface area contributed by atoms with Gasteiger partial charge in [-0.1, -0.05) is 79.2 Å². The Hall–Kier alpha value is -3.38. The van der Waals surface area contributed by atoms with Gasteiger partial charge in [0.05, 0.1) is 5.69 Å². The first-order valence-electron chi connectivity index (χ1n) is 10.5. The molecule has 0 radical (unpaired) electrons. The Labute approximate surface area is 193 Å². The first-order chi connectivity index (χ1) is 15.5. The topological polar surface area (TPSA) is 71.5 Å². The zero-order valence-corrected chi connectivity index (χ0v) is 18.9.